The van der Waals surface area contributed by atoms with Gasteiger partial charge in [0, 0.05) is 36.3 Å². The Balaban J connectivity index is 0.00000120. The van der Waals surface area contributed by atoms with Crippen molar-refractivity contribution >= 4 is 28.6 Å². The maximum atomic E-state index is 2.31. The highest BCUT2D eigenvalue weighted by Crippen LogP contribution is 2.22. The van der Waals surface area contributed by atoms with Gasteiger partial charge in [0.05, 0.1) is 0 Å². The van der Waals surface area contributed by atoms with Gasteiger partial charge in [0.25, 0.3) is 0 Å². The molecular weight excluding hydrogens is 288 g/mol. The molecule has 0 spiro atoms. The number of allylic oxidation sites excluding steroid dienone is 1. The number of fused-ring (bicyclic) bond motifs is 1. The minimum absolute atomic E-state index is 0. The van der Waals surface area contributed by atoms with Crippen LogP contribution in [-0.4, -0.2) is 0 Å². The van der Waals surface area contributed by atoms with Crippen molar-refractivity contribution in [2.45, 2.75) is 13.0 Å². The molecule has 0 aromatic carbocycles. The molecule has 0 unspecified atom stereocenters. The van der Waals surface area contributed by atoms with Crippen LogP contribution in [0.5, 0.6) is 0 Å². The first-order valence-electron chi connectivity index (χ1n) is 5.98. The molecule has 0 fully saturated rings. The van der Waals surface area contributed by atoms with Gasteiger partial charge in [-0.25, -0.2) is 4.57 Å². The van der Waals surface area contributed by atoms with Crippen molar-refractivity contribution in [3.8, 4) is 0 Å². The van der Waals surface area contributed by atoms with Crippen LogP contribution in [0.4, 0.5) is 0 Å². The van der Waals surface area contributed by atoms with E-state index in [1.165, 1.54) is 16.8 Å². The normalized spacial score (nSPS) is 15.3. The molecule has 18 heavy (non-hydrogen) atoms. The smallest absolute Gasteiger partial charge is 0.208 e. The molecule has 2 aromatic heterocycles. The van der Waals surface area contributed by atoms with E-state index in [4.69, 9.17) is 0 Å². The number of nitrogens with zero attached hydrogens (tertiary/aromatic N) is 2. The van der Waals surface area contributed by atoms with Crippen molar-refractivity contribution in [3.63, 3.8) is 0 Å². The van der Waals surface area contributed by atoms with Crippen LogP contribution in [0.2, 0.25) is 0 Å². The van der Waals surface area contributed by atoms with Crippen LogP contribution in [-0.2, 0) is 13.6 Å². The van der Waals surface area contributed by atoms with E-state index in [1.54, 1.807) is 0 Å². The quantitative estimate of drug-likeness (QED) is 0.715. The lowest BCUT2D eigenvalue weighted by molar-refractivity contribution is -0.689. The maximum Gasteiger partial charge on any atom is 0.208 e. The fraction of sp³-hybridized carbons (Fsp3) is 0.200. The molecule has 2 nitrogen and oxygen atoms in total. The average Bonchev–Trinajstić information content (AvgIpc) is 2.76. The molecule has 0 amide bonds. The van der Waals surface area contributed by atoms with Crippen LogP contribution in [0.1, 0.15) is 17.7 Å². The summed E-state index contributed by atoms with van der Waals surface area (Å²) in [6, 6.07) is 10.7. The van der Waals surface area contributed by atoms with E-state index >= 15 is 0 Å². The first-order chi connectivity index (χ1) is 8.33. The van der Waals surface area contributed by atoms with Gasteiger partial charge in [0.15, 0.2) is 25.1 Å². The average molecular weight is 305 g/mol. The summed E-state index contributed by atoms with van der Waals surface area (Å²) in [5, 5.41) is 0. The lowest BCUT2D eigenvalue weighted by Gasteiger charge is -1.95. The van der Waals surface area contributed by atoms with Crippen LogP contribution in [0.3, 0.4) is 0 Å². The van der Waals surface area contributed by atoms with Gasteiger partial charge in [-0.2, -0.15) is 4.57 Å². The third-order valence-electron chi connectivity index (χ3n) is 3.24. The zero-order valence-corrected chi connectivity index (χ0v) is 12.1. The van der Waals surface area contributed by atoms with E-state index in [9.17, 15) is 0 Å². The third-order valence-corrected chi connectivity index (χ3v) is 3.24. The largest absolute Gasteiger partial charge is 0.208 e. The lowest BCUT2D eigenvalue weighted by Crippen LogP contribution is -2.31. The Labute approximate surface area is 118 Å². The van der Waals surface area contributed by atoms with Crippen LogP contribution >= 0.6 is 17.0 Å². The van der Waals surface area contributed by atoms with Crippen molar-refractivity contribution in [2.75, 3.05) is 0 Å². The van der Waals surface area contributed by atoms with Crippen molar-refractivity contribution in [1.82, 2.24) is 0 Å². The van der Waals surface area contributed by atoms with Gasteiger partial charge >= 0.3 is 0 Å². The predicted octanol–water partition coefficient (Wildman–Crippen LogP) is 2.32. The van der Waals surface area contributed by atoms with Gasteiger partial charge in [-0.3, -0.25) is 0 Å². The number of hydrogen-bond donors (Lipinski definition) is 0. The second kappa shape index (κ2) is 5.44. The molecule has 1 aliphatic heterocycles. The topological polar surface area (TPSA) is 7.76 Å². The Kier molecular flexibility index (Phi) is 3.92. The Morgan fingerprint density at radius 1 is 1.06 bits per heavy atom. The SMILES string of the molecule is Br.C[n+]1ccc(C=C2CC[n+]3ccccc32)cc1. The third kappa shape index (κ3) is 2.51. The van der Waals surface area contributed by atoms with Crippen LogP contribution in [0, 0.1) is 0 Å². The molecule has 2 aromatic rings. The summed E-state index contributed by atoms with van der Waals surface area (Å²) in [4.78, 5) is 0. The van der Waals surface area contributed by atoms with Crippen LogP contribution in [0.15, 0.2) is 48.9 Å². The van der Waals surface area contributed by atoms with E-state index in [0.717, 1.165) is 13.0 Å². The molecule has 3 heteroatoms. The second-order valence-corrected chi connectivity index (χ2v) is 4.50. The van der Waals surface area contributed by atoms with Gasteiger partial charge in [0.1, 0.15) is 7.05 Å². The van der Waals surface area contributed by atoms with Crippen molar-refractivity contribution in [3.05, 3.63) is 60.2 Å². The summed E-state index contributed by atoms with van der Waals surface area (Å²) in [5.41, 5.74) is 4.05. The summed E-state index contributed by atoms with van der Waals surface area (Å²) in [5.74, 6) is 0. The molecule has 92 valence electrons. The zero-order chi connectivity index (χ0) is 11.7. The monoisotopic (exact) mass is 304 g/mol. The fourth-order valence-electron chi connectivity index (χ4n) is 2.29. The molecule has 0 aliphatic carbocycles. The lowest BCUT2D eigenvalue weighted by atomic mass is 10.1. The standard InChI is InChI=1S/C15H16N2.BrH/c1-16-9-5-13(6-10-16)12-14-7-11-17-8-3-2-4-15(14)17;/h2-6,8-10,12H,7,11H2,1H3;1H/q+2;. The van der Waals surface area contributed by atoms with Crippen molar-refractivity contribution < 1.29 is 9.13 Å². The Morgan fingerprint density at radius 3 is 2.61 bits per heavy atom. The fourth-order valence-corrected chi connectivity index (χ4v) is 2.29. The summed E-state index contributed by atoms with van der Waals surface area (Å²) in [6.07, 6.45) is 9.74. The minimum Gasteiger partial charge on any atom is -0.208 e. The van der Waals surface area contributed by atoms with E-state index in [1.807, 2.05) is 7.05 Å². The van der Waals surface area contributed by atoms with Crippen LogP contribution in [0.25, 0.3) is 11.6 Å². The Bertz CT molecular complexity index is 573. The molecule has 0 saturated carbocycles. The highest BCUT2D eigenvalue weighted by atomic mass is 79.9. The van der Waals surface area contributed by atoms with Crippen molar-refractivity contribution in [1.29, 1.82) is 0 Å². The van der Waals surface area contributed by atoms with Gasteiger partial charge < -0.3 is 0 Å². The molecule has 1 aliphatic rings. The number of aryl methyl sites for hydroxylation is 2. The first kappa shape index (κ1) is 13.0. The molecule has 0 N–H and O–H groups in total. The molecule has 0 bridgehead atoms. The number of halogens is 1. The van der Waals surface area contributed by atoms with E-state index in [-0.39, 0.29) is 17.0 Å². The summed E-state index contributed by atoms with van der Waals surface area (Å²) in [6.45, 7) is 1.10. The second-order valence-electron chi connectivity index (χ2n) is 4.50. The summed E-state index contributed by atoms with van der Waals surface area (Å²) < 4.78 is 4.37. The van der Waals surface area contributed by atoms with Crippen LogP contribution < -0.4 is 9.13 Å². The first-order valence-corrected chi connectivity index (χ1v) is 5.98. The number of aromatic nitrogens is 2. The minimum atomic E-state index is 0. The number of rotatable bonds is 1. The Hall–Kier alpha value is -1.48. The molecule has 3 heterocycles. The van der Waals surface area contributed by atoms with E-state index in [0.29, 0.717) is 0 Å². The number of hydrogen-bond acceptors (Lipinski definition) is 0. The summed E-state index contributed by atoms with van der Waals surface area (Å²) >= 11 is 0. The van der Waals surface area contributed by atoms with Gasteiger partial charge in [0.2, 0.25) is 5.69 Å². The highest BCUT2D eigenvalue weighted by molar-refractivity contribution is 8.93. The van der Waals surface area contributed by atoms with Gasteiger partial charge in [-0.1, -0.05) is 0 Å². The zero-order valence-electron chi connectivity index (χ0n) is 10.4. The molecule has 0 atom stereocenters. The van der Waals surface area contributed by atoms with Crippen molar-refractivity contribution in [2.24, 2.45) is 7.05 Å². The van der Waals surface area contributed by atoms with Gasteiger partial charge in [-0.05, 0) is 17.7 Å². The predicted molar refractivity (Wildman–Crippen MR) is 77.1 cm³/mol. The summed E-state index contributed by atoms with van der Waals surface area (Å²) in [7, 11) is 2.04. The molecular formula is C15H17BrN2+2. The van der Waals surface area contributed by atoms with E-state index < -0.39 is 0 Å². The van der Waals surface area contributed by atoms with Gasteiger partial charge in [-0.15, -0.1) is 17.0 Å². The number of pyridine rings is 2. The highest BCUT2D eigenvalue weighted by Gasteiger charge is 2.22. The Morgan fingerprint density at radius 2 is 1.83 bits per heavy atom. The molecule has 0 radical (unpaired) electrons. The molecule has 0 saturated heterocycles. The molecule has 3 rings (SSSR count). The maximum absolute atomic E-state index is 2.31. The van der Waals surface area contributed by atoms with E-state index in [2.05, 4.69) is 64.1 Å².